The molecule has 0 saturated carbocycles. The number of hydrogen-bond donors (Lipinski definition) is 0. The Morgan fingerprint density at radius 3 is 2.59 bits per heavy atom. The summed E-state index contributed by atoms with van der Waals surface area (Å²) in [5.74, 6) is 2.33. The quantitative estimate of drug-likeness (QED) is 0.336. The minimum absolute atomic E-state index is 0.640. The van der Waals surface area contributed by atoms with Gasteiger partial charge in [0.25, 0.3) is 0 Å². The Hall–Kier alpha value is -3.70. The van der Waals surface area contributed by atoms with Crippen molar-refractivity contribution in [1.82, 2.24) is 14.9 Å². The lowest BCUT2D eigenvalue weighted by Crippen LogP contribution is -2.18. The van der Waals surface area contributed by atoms with Crippen LogP contribution in [0.2, 0.25) is 0 Å². The molecule has 0 atom stereocenters. The Labute approximate surface area is 187 Å². The highest BCUT2D eigenvalue weighted by atomic mass is 16.5. The molecule has 2 heterocycles. The molecule has 0 N–H and O–H groups in total. The molecule has 5 nitrogen and oxygen atoms in total. The lowest BCUT2D eigenvalue weighted by atomic mass is 10.0. The minimum Gasteiger partial charge on any atom is -0.496 e. The van der Waals surface area contributed by atoms with E-state index in [2.05, 4.69) is 53.3 Å². The molecule has 0 saturated heterocycles. The van der Waals surface area contributed by atoms with Gasteiger partial charge in [-0.1, -0.05) is 42.5 Å². The van der Waals surface area contributed by atoms with E-state index >= 15 is 0 Å². The maximum absolute atomic E-state index is 6.12. The van der Waals surface area contributed by atoms with E-state index in [9.17, 15) is 0 Å². The number of oxazole rings is 1. The van der Waals surface area contributed by atoms with Crippen molar-refractivity contribution >= 4 is 21.5 Å². The maximum atomic E-state index is 6.12. The first-order valence-corrected chi connectivity index (χ1v) is 10.7. The molecule has 0 amide bonds. The van der Waals surface area contributed by atoms with Gasteiger partial charge in [0, 0.05) is 41.8 Å². The van der Waals surface area contributed by atoms with Crippen LogP contribution in [-0.2, 0) is 13.1 Å². The largest absolute Gasteiger partial charge is 0.496 e. The number of aryl methyl sites for hydroxylation is 1. The molecule has 2 aromatic heterocycles. The van der Waals surface area contributed by atoms with E-state index in [1.807, 2.05) is 43.6 Å². The number of methoxy groups -OCH3 is 1. The first-order valence-electron chi connectivity index (χ1n) is 10.7. The Morgan fingerprint density at radius 2 is 1.75 bits per heavy atom. The van der Waals surface area contributed by atoms with Crippen molar-refractivity contribution in [1.29, 1.82) is 0 Å². The predicted molar refractivity (Wildman–Crippen MR) is 128 cm³/mol. The zero-order valence-electron chi connectivity index (χ0n) is 18.5. The fourth-order valence-corrected chi connectivity index (χ4v) is 4.26. The highest BCUT2D eigenvalue weighted by Gasteiger charge is 2.17. The van der Waals surface area contributed by atoms with E-state index in [0.717, 1.165) is 45.5 Å². The van der Waals surface area contributed by atoms with Crippen molar-refractivity contribution in [2.45, 2.75) is 20.0 Å². The van der Waals surface area contributed by atoms with Crippen LogP contribution in [0.3, 0.4) is 0 Å². The van der Waals surface area contributed by atoms with E-state index in [1.54, 1.807) is 7.11 Å². The third kappa shape index (κ3) is 3.72. The molecule has 0 spiro atoms. The second kappa shape index (κ2) is 8.44. The van der Waals surface area contributed by atoms with Crippen LogP contribution >= 0.6 is 0 Å². The number of benzene rings is 3. The summed E-state index contributed by atoms with van der Waals surface area (Å²) in [6.45, 7) is 3.49. The Kier molecular flexibility index (Phi) is 5.33. The summed E-state index contributed by atoms with van der Waals surface area (Å²) in [7, 11) is 3.80. The molecule has 0 unspecified atom stereocenters. The van der Waals surface area contributed by atoms with Crippen molar-refractivity contribution < 1.29 is 9.15 Å². The third-order valence-electron chi connectivity index (χ3n) is 5.86. The molecule has 0 aliphatic carbocycles. The van der Waals surface area contributed by atoms with E-state index < -0.39 is 0 Å². The molecule has 3 aromatic carbocycles. The molecule has 0 aliphatic heterocycles. The molecule has 0 fully saturated rings. The number of aromatic nitrogens is 2. The second-order valence-corrected chi connectivity index (χ2v) is 8.07. The van der Waals surface area contributed by atoms with Gasteiger partial charge < -0.3 is 9.15 Å². The molecule has 5 rings (SSSR count). The average Bonchev–Trinajstić information content (AvgIpc) is 3.18. The van der Waals surface area contributed by atoms with E-state index in [4.69, 9.17) is 14.1 Å². The van der Waals surface area contributed by atoms with E-state index in [-0.39, 0.29) is 0 Å². The monoisotopic (exact) mass is 423 g/mol. The van der Waals surface area contributed by atoms with Crippen molar-refractivity contribution in [3.8, 4) is 17.2 Å². The molecule has 32 heavy (non-hydrogen) atoms. The SMILES string of the molecule is COc1ccc(-c2nc(CN(C)Cc3cccc4cnccc34)c(C)o2)c2ccccc12. The summed E-state index contributed by atoms with van der Waals surface area (Å²) < 4.78 is 11.6. The Morgan fingerprint density at radius 1 is 0.906 bits per heavy atom. The van der Waals surface area contributed by atoms with Gasteiger partial charge in [0.1, 0.15) is 11.5 Å². The van der Waals surface area contributed by atoms with Crippen molar-refractivity contribution in [3.63, 3.8) is 0 Å². The molecule has 5 aromatic rings. The molecule has 160 valence electrons. The fraction of sp³-hybridized carbons (Fsp3) is 0.185. The molecule has 0 bridgehead atoms. The van der Waals surface area contributed by atoms with Gasteiger partial charge in [0.15, 0.2) is 0 Å². The standard InChI is InChI=1S/C27H25N3O2/c1-18-25(17-30(2)16-20-8-6-7-19-15-28-14-13-21(19)20)29-27(32-18)24-11-12-26(31-3)23-10-5-4-9-22(23)24/h4-15H,16-17H2,1-3H3. The minimum atomic E-state index is 0.640. The first kappa shape index (κ1) is 20.2. The lowest BCUT2D eigenvalue weighted by molar-refractivity contribution is 0.314. The molecular weight excluding hydrogens is 398 g/mol. The normalized spacial score (nSPS) is 11.5. The first-order chi connectivity index (χ1) is 15.6. The number of fused-ring (bicyclic) bond motifs is 2. The Balaban J connectivity index is 1.42. The van der Waals surface area contributed by atoms with Crippen LogP contribution in [0.1, 0.15) is 17.0 Å². The van der Waals surface area contributed by atoms with Crippen LogP contribution in [0, 0.1) is 6.92 Å². The number of rotatable bonds is 6. The maximum Gasteiger partial charge on any atom is 0.227 e. The summed E-state index contributed by atoms with van der Waals surface area (Å²) in [4.78, 5) is 11.4. The van der Waals surface area contributed by atoms with Crippen molar-refractivity contribution in [2.75, 3.05) is 14.2 Å². The van der Waals surface area contributed by atoms with Crippen LogP contribution in [0.25, 0.3) is 33.0 Å². The summed E-state index contributed by atoms with van der Waals surface area (Å²) in [6.07, 6.45) is 3.76. The molecule has 5 heteroatoms. The van der Waals surface area contributed by atoms with E-state index in [1.165, 1.54) is 10.9 Å². The van der Waals surface area contributed by atoms with Crippen LogP contribution < -0.4 is 4.74 Å². The van der Waals surface area contributed by atoms with Crippen molar-refractivity contribution in [2.24, 2.45) is 0 Å². The zero-order valence-corrected chi connectivity index (χ0v) is 18.5. The summed E-state index contributed by atoms with van der Waals surface area (Å²) in [6, 6.07) is 20.6. The molecular formula is C27H25N3O2. The van der Waals surface area contributed by atoms with Gasteiger partial charge in [-0.3, -0.25) is 9.88 Å². The van der Waals surface area contributed by atoms with Gasteiger partial charge in [-0.15, -0.1) is 0 Å². The van der Waals surface area contributed by atoms with Crippen LogP contribution in [0.5, 0.6) is 5.75 Å². The van der Waals surface area contributed by atoms with Crippen LogP contribution in [0.4, 0.5) is 0 Å². The van der Waals surface area contributed by atoms with Crippen molar-refractivity contribution in [3.05, 3.63) is 90.1 Å². The van der Waals surface area contributed by atoms with Crippen LogP contribution in [0.15, 0.2) is 77.5 Å². The molecule has 0 aliphatic rings. The van der Waals surface area contributed by atoms with E-state index in [0.29, 0.717) is 12.4 Å². The zero-order chi connectivity index (χ0) is 22.1. The Bertz CT molecular complexity index is 1400. The average molecular weight is 424 g/mol. The lowest BCUT2D eigenvalue weighted by Gasteiger charge is -2.17. The van der Waals surface area contributed by atoms with Gasteiger partial charge >= 0.3 is 0 Å². The second-order valence-electron chi connectivity index (χ2n) is 8.07. The van der Waals surface area contributed by atoms with Gasteiger partial charge in [0.2, 0.25) is 5.89 Å². The highest BCUT2D eigenvalue weighted by molar-refractivity contribution is 5.98. The number of hydrogen-bond acceptors (Lipinski definition) is 5. The number of pyridine rings is 1. The summed E-state index contributed by atoms with van der Waals surface area (Å²) in [5, 5.41) is 4.51. The van der Waals surface area contributed by atoms with Gasteiger partial charge in [-0.05, 0) is 48.5 Å². The number of ether oxygens (including phenoxy) is 1. The topological polar surface area (TPSA) is 51.4 Å². The third-order valence-corrected chi connectivity index (χ3v) is 5.86. The molecule has 0 radical (unpaired) electrons. The van der Waals surface area contributed by atoms with Gasteiger partial charge in [-0.2, -0.15) is 0 Å². The summed E-state index contributed by atoms with van der Waals surface area (Å²) >= 11 is 0. The smallest absolute Gasteiger partial charge is 0.227 e. The van der Waals surface area contributed by atoms with Crippen LogP contribution in [-0.4, -0.2) is 29.0 Å². The fourth-order valence-electron chi connectivity index (χ4n) is 4.26. The van der Waals surface area contributed by atoms with Gasteiger partial charge in [-0.25, -0.2) is 4.98 Å². The summed E-state index contributed by atoms with van der Waals surface area (Å²) in [5.41, 5.74) is 3.19. The highest BCUT2D eigenvalue weighted by Crippen LogP contribution is 2.34. The van der Waals surface area contributed by atoms with Gasteiger partial charge in [0.05, 0.1) is 12.8 Å². The number of nitrogens with zero attached hydrogens (tertiary/aromatic N) is 3. The predicted octanol–water partition coefficient (Wildman–Crippen LogP) is 5.99.